The Morgan fingerprint density at radius 2 is 1.89 bits per heavy atom. The van der Waals surface area contributed by atoms with Crippen molar-refractivity contribution < 1.29 is 0 Å². The molecule has 1 aliphatic heterocycles. The van der Waals surface area contributed by atoms with Crippen LogP contribution < -0.4 is 0 Å². The molecular weight excluding hydrogens is 344 g/mol. The SMILES string of the molecule is [N-]=[N+]=Nc1ccc2c(c1)C13CC2c2ccccc2C1CN(CC1CCCC1)C3. The quantitative estimate of drug-likeness (QED) is 0.371. The van der Waals surface area contributed by atoms with Crippen molar-refractivity contribution in [2.45, 2.75) is 49.4 Å². The minimum atomic E-state index is 0.188. The van der Waals surface area contributed by atoms with E-state index in [1.165, 1.54) is 61.9 Å². The van der Waals surface area contributed by atoms with Crippen LogP contribution in [-0.2, 0) is 5.41 Å². The van der Waals surface area contributed by atoms with E-state index < -0.39 is 0 Å². The molecule has 3 aliphatic carbocycles. The first-order valence-electron chi connectivity index (χ1n) is 10.8. The highest BCUT2D eigenvalue weighted by Crippen LogP contribution is 2.63. The van der Waals surface area contributed by atoms with Crippen LogP contribution in [-0.4, -0.2) is 24.5 Å². The molecule has 1 saturated heterocycles. The van der Waals surface area contributed by atoms with Gasteiger partial charge in [0, 0.05) is 47.5 Å². The van der Waals surface area contributed by atoms with Gasteiger partial charge in [0.15, 0.2) is 0 Å². The number of azide groups is 1. The predicted molar refractivity (Wildman–Crippen MR) is 111 cm³/mol. The molecule has 28 heavy (non-hydrogen) atoms. The molecule has 142 valence electrons. The molecule has 4 aliphatic rings. The van der Waals surface area contributed by atoms with E-state index in [0.717, 1.165) is 18.2 Å². The Morgan fingerprint density at radius 1 is 1.07 bits per heavy atom. The van der Waals surface area contributed by atoms with E-state index in [9.17, 15) is 0 Å². The fourth-order valence-electron chi connectivity index (χ4n) is 6.98. The Bertz CT molecular complexity index is 986. The van der Waals surface area contributed by atoms with Gasteiger partial charge in [-0.15, -0.1) is 0 Å². The van der Waals surface area contributed by atoms with Gasteiger partial charge in [0.05, 0.1) is 0 Å². The van der Waals surface area contributed by atoms with Crippen molar-refractivity contribution in [2.24, 2.45) is 11.0 Å². The molecule has 2 aromatic rings. The van der Waals surface area contributed by atoms with Crippen molar-refractivity contribution in [2.75, 3.05) is 19.6 Å². The monoisotopic (exact) mass is 370 g/mol. The first-order chi connectivity index (χ1) is 13.8. The van der Waals surface area contributed by atoms with Crippen LogP contribution in [0.3, 0.4) is 0 Å². The van der Waals surface area contributed by atoms with Crippen LogP contribution in [0.1, 0.15) is 66.2 Å². The Hall–Kier alpha value is -2.29. The van der Waals surface area contributed by atoms with Gasteiger partial charge in [-0.1, -0.05) is 54.4 Å². The van der Waals surface area contributed by atoms with Crippen LogP contribution in [0.2, 0.25) is 0 Å². The lowest BCUT2D eigenvalue weighted by Gasteiger charge is -2.37. The Kier molecular flexibility index (Phi) is 3.63. The summed E-state index contributed by atoms with van der Waals surface area (Å²) in [5, 5.41) is 3.93. The second-order valence-electron chi connectivity index (χ2n) is 9.40. The zero-order chi connectivity index (χ0) is 18.7. The zero-order valence-electron chi connectivity index (χ0n) is 16.2. The molecule has 0 radical (unpaired) electrons. The van der Waals surface area contributed by atoms with E-state index in [1.807, 2.05) is 6.07 Å². The van der Waals surface area contributed by atoms with Gasteiger partial charge in [-0.2, -0.15) is 0 Å². The minimum absolute atomic E-state index is 0.188. The average molecular weight is 371 g/mol. The summed E-state index contributed by atoms with van der Waals surface area (Å²) >= 11 is 0. The third kappa shape index (κ3) is 2.25. The smallest absolute Gasteiger partial charge is 0.0378 e. The molecule has 0 aromatic heterocycles. The van der Waals surface area contributed by atoms with Crippen molar-refractivity contribution in [1.29, 1.82) is 0 Å². The Morgan fingerprint density at radius 3 is 2.71 bits per heavy atom. The second-order valence-corrected chi connectivity index (χ2v) is 9.40. The number of hydrogen-bond acceptors (Lipinski definition) is 2. The molecule has 2 fully saturated rings. The lowest BCUT2D eigenvalue weighted by atomic mass is 9.65. The predicted octanol–water partition coefficient (Wildman–Crippen LogP) is 6.00. The molecule has 4 nitrogen and oxygen atoms in total. The summed E-state index contributed by atoms with van der Waals surface area (Å²) in [4.78, 5) is 5.80. The van der Waals surface area contributed by atoms with E-state index >= 15 is 0 Å². The molecule has 1 spiro atoms. The zero-order valence-corrected chi connectivity index (χ0v) is 16.2. The number of hydrogen-bond donors (Lipinski definition) is 0. The topological polar surface area (TPSA) is 52.0 Å². The van der Waals surface area contributed by atoms with Gasteiger partial charge in [0.25, 0.3) is 0 Å². The molecule has 2 aromatic carbocycles. The highest BCUT2D eigenvalue weighted by Gasteiger charge is 2.58. The molecule has 4 heteroatoms. The molecule has 0 N–H and O–H groups in total. The van der Waals surface area contributed by atoms with Crippen molar-refractivity contribution in [1.82, 2.24) is 4.90 Å². The second kappa shape index (κ2) is 6.10. The third-order valence-corrected chi connectivity index (χ3v) is 8.03. The summed E-state index contributed by atoms with van der Waals surface area (Å²) in [6.45, 7) is 3.59. The van der Waals surface area contributed by atoms with E-state index in [4.69, 9.17) is 5.53 Å². The maximum absolute atomic E-state index is 8.93. The average Bonchev–Trinajstić information content (AvgIpc) is 3.42. The molecule has 0 amide bonds. The normalized spacial score (nSPS) is 30.6. The van der Waals surface area contributed by atoms with Crippen LogP contribution in [0.25, 0.3) is 10.4 Å². The maximum Gasteiger partial charge on any atom is 0.0378 e. The van der Waals surface area contributed by atoms with Gasteiger partial charge in [-0.25, -0.2) is 0 Å². The molecule has 3 unspecified atom stereocenters. The van der Waals surface area contributed by atoms with Gasteiger partial charge < -0.3 is 4.90 Å². The minimum Gasteiger partial charge on any atom is -0.302 e. The summed E-state index contributed by atoms with van der Waals surface area (Å²) in [7, 11) is 0. The standard InChI is InChI=1S/C24H26N4/c25-27-26-17-9-10-20-21-12-24(22(20)11-17)15-28(13-16-5-1-2-6-16)14-23(24)19-8-4-3-7-18(19)21/h3-4,7-11,16,21,23H,1-2,5-6,12-15H2. The van der Waals surface area contributed by atoms with Crippen LogP contribution in [0.15, 0.2) is 47.6 Å². The summed E-state index contributed by atoms with van der Waals surface area (Å²) in [6.07, 6.45) is 6.85. The van der Waals surface area contributed by atoms with Crippen LogP contribution >= 0.6 is 0 Å². The summed E-state index contributed by atoms with van der Waals surface area (Å²) in [5.41, 5.74) is 15.9. The summed E-state index contributed by atoms with van der Waals surface area (Å²) in [6, 6.07) is 15.6. The van der Waals surface area contributed by atoms with Gasteiger partial charge in [-0.3, -0.25) is 0 Å². The van der Waals surface area contributed by atoms with Crippen molar-refractivity contribution in [3.05, 3.63) is 75.2 Å². The lowest BCUT2D eigenvalue weighted by molar-refractivity contribution is 0.260. The molecule has 1 saturated carbocycles. The molecule has 3 atom stereocenters. The fraction of sp³-hybridized carbons (Fsp3) is 0.500. The largest absolute Gasteiger partial charge is 0.302 e. The number of benzene rings is 2. The van der Waals surface area contributed by atoms with Crippen molar-refractivity contribution in [3.63, 3.8) is 0 Å². The Balaban J connectivity index is 1.47. The van der Waals surface area contributed by atoms with Gasteiger partial charge in [0.1, 0.15) is 0 Å². The van der Waals surface area contributed by atoms with E-state index in [2.05, 4.69) is 51.3 Å². The summed E-state index contributed by atoms with van der Waals surface area (Å²) < 4.78 is 0. The van der Waals surface area contributed by atoms with Crippen LogP contribution in [0.5, 0.6) is 0 Å². The number of likely N-dealkylation sites (tertiary alicyclic amines) is 1. The van der Waals surface area contributed by atoms with Crippen LogP contribution in [0, 0.1) is 5.92 Å². The first kappa shape index (κ1) is 16.6. The molecular formula is C24H26N4. The van der Waals surface area contributed by atoms with Crippen molar-refractivity contribution in [3.8, 4) is 0 Å². The highest BCUT2D eigenvalue weighted by molar-refractivity contribution is 5.61. The fourth-order valence-corrected chi connectivity index (χ4v) is 6.98. The van der Waals surface area contributed by atoms with E-state index in [-0.39, 0.29) is 5.41 Å². The molecule has 6 rings (SSSR count). The van der Waals surface area contributed by atoms with Gasteiger partial charge in [-0.05, 0) is 59.0 Å². The first-order valence-corrected chi connectivity index (χ1v) is 10.8. The number of fused-ring (bicyclic) bond motifs is 3. The molecule has 1 heterocycles. The number of nitrogens with zero attached hydrogens (tertiary/aromatic N) is 4. The van der Waals surface area contributed by atoms with Crippen molar-refractivity contribution >= 4 is 5.69 Å². The Labute approximate surface area is 166 Å². The van der Waals surface area contributed by atoms with E-state index in [0.29, 0.717) is 11.8 Å². The third-order valence-electron chi connectivity index (χ3n) is 8.03. The van der Waals surface area contributed by atoms with Gasteiger partial charge >= 0.3 is 0 Å². The van der Waals surface area contributed by atoms with Gasteiger partial charge in [0.2, 0.25) is 0 Å². The van der Waals surface area contributed by atoms with E-state index in [1.54, 1.807) is 5.56 Å². The summed E-state index contributed by atoms with van der Waals surface area (Å²) in [5.74, 6) is 1.94. The highest BCUT2D eigenvalue weighted by atomic mass is 15.2. The van der Waals surface area contributed by atoms with Crippen LogP contribution in [0.4, 0.5) is 5.69 Å². The lowest BCUT2D eigenvalue weighted by Crippen LogP contribution is -2.35. The maximum atomic E-state index is 8.93. The number of rotatable bonds is 3. The molecule has 2 bridgehead atoms.